The number of esters is 1. The van der Waals surface area contributed by atoms with Crippen molar-refractivity contribution in [3.8, 4) is 11.6 Å². The van der Waals surface area contributed by atoms with Crippen molar-refractivity contribution in [1.82, 2.24) is 10.3 Å². The van der Waals surface area contributed by atoms with Crippen LogP contribution in [0.3, 0.4) is 0 Å². The van der Waals surface area contributed by atoms with Crippen LogP contribution in [0.2, 0.25) is 5.02 Å². The van der Waals surface area contributed by atoms with Crippen LogP contribution >= 0.6 is 11.6 Å². The van der Waals surface area contributed by atoms with Crippen molar-refractivity contribution in [1.29, 1.82) is 0 Å². The molecule has 0 radical (unpaired) electrons. The Hall–Kier alpha value is -3.07. The number of alkyl halides is 3. The molecule has 0 spiro atoms. The Kier molecular flexibility index (Phi) is 6.63. The predicted molar refractivity (Wildman–Crippen MR) is 94.6 cm³/mol. The molecule has 28 heavy (non-hydrogen) atoms. The molecule has 1 heterocycles. The molecule has 1 aromatic carbocycles. The van der Waals surface area contributed by atoms with E-state index in [1.54, 1.807) is 12.1 Å². The number of carbonyl (C=O) groups is 2. The van der Waals surface area contributed by atoms with Gasteiger partial charge in [-0.2, -0.15) is 13.2 Å². The fraction of sp³-hybridized carbons (Fsp3) is 0.167. The summed E-state index contributed by atoms with van der Waals surface area (Å²) in [6.07, 6.45) is -2.55. The van der Waals surface area contributed by atoms with Gasteiger partial charge in [-0.25, -0.2) is 9.78 Å². The van der Waals surface area contributed by atoms with E-state index in [2.05, 4.69) is 15.0 Å². The molecule has 0 unspecified atom stereocenters. The van der Waals surface area contributed by atoms with Crippen molar-refractivity contribution in [2.75, 3.05) is 7.11 Å². The molecule has 0 aliphatic rings. The zero-order chi connectivity index (χ0) is 20.9. The summed E-state index contributed by atoms with van der Waals surface area (Å²) in [5.74, 6) is -1.10. The number of ether oxygens (including phenoxy) is 2. The first kappa shape index (κ1) is 21.2. The van der Waals surface area contributed by atoms with E-state index in [0.29, 0.717) is 11.8 Å². The Morgan fingerprint density at radius 1 is 1.21 bits per heavy atom. The van der Waals surface area contributed by atoms with Crippen molar-refractivity contribution in [3.05, 3.63) is 58.4 Å². The minimum Gasteiger partial charge on any atom is -0.464 e. The number of carbonyl (C=O) groups excluding carboxylic acids is 2. The first-order valence-electron chi connectivity index (χ1n) is 7.68. The number of hydrogen-bond donors (Lipinski definition) is 1. The summed E-state index contributed by atoms with van der Waals surface area (Å²) in [5, 5.41) is 2.06. The average molecular weight is 415 g/mol. The lowest BCUT2D eigenvalue weighted by Gasteiger charge is -2.10. The summed E-state index contributed by atoms with van der Waals surface area (Å²) < 4.78 is 47.9. The highest BCUT2D eigenvalue weighted by Gasteiger charge is 2.31. The zero-order valence-corrected chi connectivity index (χ0v) is 15.4. The van der Waals surface area contributed by atoms with Crippen molar-refractivity contribution >= 4 is 29.6 Å². The highest BCUT2D eigenvalue weighted by atomic mass is 35.5. The molecule has 1 amide bonds. The maximum absolute atomic E-state index is 12.6. The molecule has 0 atom stereocenters. The summed E-state index contributed by atoms with van der Waals surface area (Å²) in [5.41, 5.74) is -0.511. The highest BCUT2D eigenvalue weighted by molar-refractivity contribution is 6.31. The van der Waals surface area contributed by atoms with Crippen LogP contribution in [0.15, 0.2) is 42.2 Å². The van der Waals surface area contributed by atoms with Gasteiger partial charge in [0, 0.05) is 13.1 Å². The molecule has 0 bridgehead atoms. The van der Waals surface area contributed by atoms with E-state index < -0.39 is 23.6 Å². The number of pyridine rings is 1. The number of methoxy groups -OCH3 is 1. The summed E-state index contributed by atoms with van der Waals surface area (Å²) in [6, 6.07) is 6.81. The molecular formula is C18H14ClF3N2O4. The van der Waals surface area contributed by atoms with E-state index in [1.165, 1.54) is 32.2 Å². The minimum absolute atomic E-state index is 0.0591. The second-order valence-electron chi connectivity index (χ2n) is 5.41. The summed E-state index contributed by atoms with van der Waals surface area (Å²) in [4.78, 5) is 26.4. The molecule has 0 saturated carbocycles. The van der Waals surface area contributed by atoms with Crippen LogP contribution in [-0.4, -0.2) is 24.0 Å². The van der Waals surface area contributed by atoms with E-state index >= 15 is 0 Å². The molecule has 148 valence electrons. The van der Waals surface area contributed by atoms with Crippen molar-refractivity contribution in [2.24, 2.45) is 0 Å². The third-order valence-electron chi connectivity index (χ3n) is 3.26. The molecule has 0 saturated heterocycles. The number of amides is 1. The van der Waals surface area contributed by atoms with Crippen LogP contribution in [0.5, 0.6) is 11.6 Å². The fourth-order valence-electron chi connectivity index (χ4n) is 2.01. The maximum atomic E-state index is 12.6. The molecule has 6 nitrogen and oxygen atoms in total. The molecule has 0 aliphatic heterocycles. The summed E-state index contributed by atoms with van der Waals surface area (Å²) >= 11 is 5.80. The Balaban J connectivity index is 2.19. The quantitative estimate of drug-likeness (QED) is 0.586. The van der Waals surface area contributed by atoms with E-state index in [4.69, 9.17) is 16.3 Å². The normalized spacial score (nSPS) is 11.7. The van der Waals surface area contributed by atoms with Gasteiger partial charge < -0.3 is 14.8 Å². The maximum Gasteiger partial charge on any atom is 0.417 e. The van der Waals surface area contributed by atoms with Crippen LogP contribution < -0.4 is 10.1 Å². The van der Waals surface area contributed by atoms with E-state index in [-0.39, 0.29) is 22.3 Å². The van der Waals surface area contributed by atoms with Crippen LogP contribution in [0.1, 0.15) is 18.1 Å². The van der Waals surface area contributed by atoms with Crippen LogP contribution in [0.4, 0.5) is 13.2 Å². The SMILES string of the molecule is COC(=O)C(=Cc1ccc(Oc2ncc(C(F)(F)F)cc2Cl)cc1)NC(C)=O. The van der Waals surface area contributed by atoms with Gasteiger partial charge in [0.25, 0.3) is 0 Å². The third kappa shape index (κ3) is 5.71. The number of halogens is 4. The topological polar surface area (TPSA) is 77.5 Å². The molecule has 1 aromatic heterocycles. The summed E-state index contributed by atoms with van der Waals surface area (Å²) in [7, 11) is 1.18. The number of benzene rings is 1. The molecule has 0 fully saturated rings. The number of nitrogens with zero attached hydrogens (tertiary/aromatic N) is 1. The largest absolute Gasteiger partial charge is 0.464 e. The Bertz CT molecular complexity index is 912. The average Bonchev–Trinajstić information content (AvgIpc) is 2.62. The van der Waals surface area contributed by atoms with E-state index in [0.717, 1.165) is 6.07 Å². The first-order chi connectivity index (χ1) is 13.1. The number of nitrogens with one attached hydrogen (secondary N) is 1. The Morgan fingerprint density at radius 2 is 1.86 bits per heavy atom. The zero-order valence-electron chi connectivity index (χ0n) is 14.6. The molecular weight excluding hydrogens is 401 g/mol. The predicted octanol–water partition coefficient (Wildman–Crippen LogP) is 4.20. The van der Waals surface area contributed by atoms with Gasteiger partial charge in [0.15, 0.2) is 0 Å². The lowest BCUT2D eigenvalue weighted by Crippen LogP contribution is -2.25. The molecule has 1 N–H and O–H groups in total. The van der Waals surface area contributed by atoms with Crippen molar-refractivity contribution in [3.63, 3.8) is 0 Å². The van der Waals surface area contributed by atoms with E-state index in [9.17, 15) is 22.8 Å². The van der Waals surface area contributed by atoms with Crippen LogP contribution in [0, 0.1) is 0 Å². The molecule has 10 heteroatoms. The minimum atomic E-state index is -4.56. The molecule has 2 rings (SSSR count). The van der Waals surface area contributed by atoms with Gasteiger partial charge in [-0.05, 0) is 29.8 Å². The fourth-order valence-corrected chi connectivity index (χ4v) is 2.22. The van der Waals surface area contributed by atoms with Gasteiger partial charge in [0.1, 0.15) is 16.5 Å². The summed E-state index contributed by atoms with van der Waals surface area (Å²) in [6.45, 7) is 1.24. The number of rotatable bonds is 5. The molecule has 0 aliphatic carbocycles. The van der Waals surface area contributed by atoms with Crippen LogP contribution in [0.25, 0.3) is 6.08 Å². The van der Waals surface area contributed by atoms with Gasteiger partial charge in [0.05, 0.1) is 12.7 Å². The Labute approximate surface area is 162 Å². The van der Waals surface area contributed by atoms with Gasteiger partial charge in [0.2, 0.25) is 11.8 Å². The Morgan fingerprint density at radius 3 is 2.36 bits per heavy atom. The number of hydrogen-bond acceptors (Lipinski definition) is 5. The van der Waals surface area contributed by atoms with Crippen molar-refractivity contribution in [2.45, 2.75) is 13.1 Å². The smallest absolute Gasteiger partial charge is 0.417 e. The second kappa shape index (κ2) is 8.75. The highest BCUT2D eigenvalue weighted by Crippen LogP contribution is 2.34. The van der Waals surface area contributed by atoms with Gasteiger partial charge >= 0.3 is 12.1 Å². The number of aromatic nitrogens is 1. The van der Waals surface area contributed by atoms with Gasteiger partial charge in [-0.15, -0.1) is 0 Å². The third-order valence-corrected chi connectivity index (χ3v) is 3.53. The second-order valence-corrected chi connectivity index (χ2v) is 5.82. The standard InChI is InChI=1S/C18H14ClF3N2O4/c1-10(25)24-15(17(26)27-2)7-11-3-5-13(6-4-11)28-16-14(19)8-12(9-23-16)18(20,21)22/h3-9H,1-2H3,(H,24,25). The van der Waals surface area contributed by atoms with Gasteiger partial charge in [-0.3, -0.25) is 4.79 Å². The lowest BCUT2D eigenvalue weighted by molar-refractivity contribution is -0.138. The van der Waals surface area contributed by atoms with Crippen LogP contribution in [-0.2, 0) is 20.5 Å². The van der Waals surface area contributed by atoms with E-state index in [1.807, 2.05) is 0 Å². The monoisotopic (exact) mass is 414 g/mol. The lowest BCUT2D eigenvalue weighted by atomic mass is 10.2. The van der Waals surface area contributed by atoms with Gasteiger partial charge in [-0.1, -0.05) is 23.7 Å². The molecule has 2 aromatic rings. The first-order valence-corrected chi connectivity index (χ1v) is 8.06. The van der Waals surface area contributed by atoms with Crippen molar-refractivity contribution < 1.29 is 32.2 Å².